The predicted octanol–water partition coefficient (Wildman–Crippen LogP) is 6.39. The number of nitrogens with zero attached hydrogens (tertiary/aromatic N) is 1. The van der Waals surface area contributed by atoms with E-state index in [2.05, 4.69) is 4.98 Å². The van der Waals surface area contributed by atoms with Crippen LogP contribution in [0.3, 0.4) is 0 Å². The standard InChI is InChI=1S/C29H25NO3/c1-2-32-27-21-22(16-18-25-15-9-10-20-30-25)17-19-26(27)33-29(31)28(23-11-5-3-6-12-23)24-13-7-4-8-14-24/h3-21,28H,2H2,1H3/b18-16+. The molecule has 4 aromatic rings. The zero-order valence-electron chi connectivity index (χ0n) is 18.4. The lowest BCUT2D eigenvalue weighted by Gasteiger charge is -2.18. The maximum absolute atomic E-state index is 13.4. The Balaban J connectivity index is 1.61. The number of benzene rings is 3. The van der Waals surface area contributed by atoms with Crippen LogP contribution in [0.25, 0.3) is 12.2 Å². The second-order valence-electron chi connectivity index (χ2n) is 7.40. The number of aromatic nitrogens is 1. The summed E-state index contributed by atoms with van der Waals surface area (Å²) in [6.07, 6.45) is 5.63. The molecule has 33 heavy (non-hydrogen) atoms. The second kappa shape index (κ2) is 10.9. The Morgan fingerprint density at radius 1 is 0.818 bits per heavy atom. The van der Waals surface area contributed by atoms with Gasteiger partial charge in [-0.2, -0.15) is 0 Å². The third kappa shape index (κ3) is 5.74. The normalized spacial score (nSPS) is 11.0. The fraction of sp³-hybridized carbons (Fsp3) is 0.103. The molecule has 0 aliphatic rings. The molecular formula is C29H25NO3. The number of ether oxygens (including phenoxy) is 2. The van der Waals surface area contributed by atoms with Gasteiger partial charge in [-0.1, -0.05) is 78.9 Å². The summed E-state index contributed by atoms with van der Waals surface area (Å²) in [6, 6.07) is 30.6. The van der Waals surface area contributed by atoms with Gasteiger partial charge in [-0.15, -0.1) is 0 Å². The van der Waals surface area contributed by atoms with Crippen LogP contribution < -0.4 is 9.47 Å². The van der Waals surface area contributed by atoms with E-state index in [-0.39, 0.29) is 5.97 Å². The minimum atomic E-state index is -0.536. The molecule has 1 heterocycles. The second-order valence-corrected chi connectivity index (χ2v) is 7.40. The molecule has 3 aromatic carbocycles. The topological polar surface area (TPSA) is 48.4 Å². The van der Waals surface area contributed by atoms with Crippen LogP contribution in [0, 0.1) is 0 Å². The van der Waals surface area contributed by atoms with E-state index in [0.717, 1.165) is 22.4 Å². The Morgan fingerprint density at radius 3 is 2.09 bits per heavy atom. The van der Waals surface area contributed by atoms with Crippen molar-refractivity contribution in [2.45, 2.75) is 12.8 Å². The molecular weight excluding hydrogens is 410 g/mol. The molecule has 164 valence electrons. The maximum atomic E-state index is 13.4. The summed E-state index contributed by atoms with van der Waals surface area (Å²) in [5, 5.41) is 0. The fourth-order valence-electron chi connectivity index (χ4n) is 3.56. The summed E-state index contributed by atoms with van der Waals surface area (Å²) < 4.78 is 11.7. The average Bonchev–Trinajstić information content (AvgIpc) is 2.86. The van der Waals surface area contributed by atoms with Crippen molar-refractivity contribution >= 4 is 18.1 Å². The van der Waals surface area contributed by atoms with Crippen molar-refractivity contribution in [3.63, 3.8) is 0 Å². The largest absolute Gasteiger partial charge is 0.490 e. The van der Waals surface area contributed by atoms with Crippen molar-refractivity contribution in [3.05, 3.63) is 126 Å². The molecule has 4 nitrogen and oxygen atoms in total. The monoisotopic (exact) mass is 435 g/mol. The lowest BCUT2D eigenvalue weighted by atomic mass is 9.91. The molecule has 0 aliphatic heterocycles. The number of esters is 1. The lowest BCUT2D eigenvalue weighted by Crippen LogP contribution is -2.20. The highest BCUT2D eigenvalue weighted by Crippen LogP contribution is 2.33. The van der Waals surface area contributed by atoms with Gasteiger partial charge in [0.1, 0.15) is 5.92 Å². The van der Waals surface area contributed by atoms with Crippen molar-refractivity contribution < 1.29 is 14.3 Å². The zero-order valence-corrected chi connectivity index (χ0v) is 18.4. The summed E-state index contributed by atoms with van der Waals surface area (Å²) in [6.45, 7) is 2.36. The van der Waals surface area contributed by atoms with E-state index in [9.17, 15) is 4.79 Å². The zero-order chi connectivity index (χ0) is 22.9. The molecule has 0 fully saturated rings. The summed E-state index contributed by atoms with van der Waals surface area (Å²) in [5.41, 5.74) is 3.54. The summed E-state index contributed by atoms with van der Waals surface area (Å²) >= 11 is 0. The van der Waals surface area contributed by atoms with Gasteiger partial charge in [-0.05, 0) is 54.0 Å². The molecule has 1 aromatic heterocycles. The van der Waals surface area contributed by atoms with Crippen molar-refractivity contribution in [2.24, 2.45) is 0 Å². The van der Waals surface area contributed by atoms with Crippen LogP contribution in [-0.2, 0) is 4.79 Å². The van der Waals surface area contributed by atoms with Gasteiger partial charge in [-0.25, -0.2) is 0 Å². The van der Waals surface area contributed by atoms with Crippen LogP contribution in [0.1, 0.15) is 35.2 Å². The average molecular weight is 436 g/mol. The van der Waals surface area contributed by atoms with E-state index in [1.54, 1.807) is 12.3 Å². The molecule has 0 amide bonds. The molecule has 0 bridgehead atoms. The smallest absolute Gasteiger partial charge is 0.323 e. The molecule has 0 unspecified atom stereocenters. The first-order valence-electron chi connectivity index (χ1n) is 10.9. The molecule has 4 heteroatoms. The van der Waals surface area contributed by atoms with Gasteiger partial charge in [0, 0.05) is 6.20 Å². The Bertz CT molecular complexity index is 1170. The fourth-order valence-corrected chi connectivity index (χ4v) is 3.56. The minimum Gasteiger partial charge on any atom is -0.490 e. The minimum absolute atomic E-state index is 0.356. The maximum Gasteiger partial charge on any atom is 0.323 e. The van der Waals surface area contributed by atoms with Crippen LogP contribution in [0.4, 0.5) is 0 Å². The van der Waals surface area contributed by atoms with E-state index >= 15 is 0 Å². The molecule has 0 saturated carbocycles. The van der Waals surface area contributed by atoms with Crippen LogP contribution in [0.15, 0.2) is 103 Å². The van der Waals surface area contributed by atoms with Crippen molar-refractivity contribution in [1.82, 2.24) is 4.98 Å². The van der Waals surface area contributed by atoms with E-state index in [1.165, 1.54) is 0 Å². The molecule has 0 radical (unpaired) electrons. The van der Waals surface area contributed by atoms with Crippen LogP contribution in [0.2, 0.25) is 0 Å². The SMILES string of the molecule is CCOc1cc(/C=C/c2ccccn2)ccc1OC(=O)C(c1ccccc1)c1ccccc1. The van der Waals surface area contributed by atoms with Gasteiger partial charge < -0.3 is 9.47 Å². The van der Waals surface area contributed by atoms with Gasteiger partial charge in [-0.3, -0.25) is 9.78 Å². The van der Waals surface area contributed by atoms with E-state index in [0.29, 0.717) is 18.1 Å². The number of hydrogen-bond acceptors (Lipinski definition) is 4. The van der Waals surface area contributed by atoms with Crippen LogP contribution in [0.5, 0.6) is 11.5 Å². The van der Waals surface area contributed by atoms with Crippen LogP contribution >= 0.6 is 0 Å². The van der Waals surface area contributed by atoms with E-state index in [1.807, 2.05) is 110 Å². The lowest BCUT2D eigenvalue weighted by molar-refractivity contribution is -0.135. The number of hydrogen-bond donors (Lipinski definition) is 0. The van der Waals surface area contributed by atoms with Gasteiger partial charge >= 0.3 is 5.97 Å². The Hall–Kier alpha value is -4.18. The first kappa shape index (κ1) is 22.0. The van der Waals surface area contributed by atoms with Gasteiger partial charge in [0.15, 0.2) is 11.5 Å². The first-order chi connectivity index (χ1) is 16.2. The highest BCUT2D eigenvalue weighted by atomic mass is 16.6. The Kier molecular flexibility index (Phi) is 7.29. The third-order valence-electron chi connectivity index (χ3n) is 5.11. The van der Waals surface area contributed by atoms with Gasteiger partial charge in [0.25, 0.3) is 0 Å². The number of carbonyl (C=O) groups excluding carboxylic acids is 1. The summed E-state index contributed by atoms with van der Waals surface area (Å²) in [4.78, 5) is 17.7. The third-order valence-corrected chi connectivity index (χ3v) is 5.11. The highest BCUT2D eigenvalue weighted by molar-refractivity contribution is 5.84. The molecule has 4 rings (SSSR count). The number of rotatable bonds is 8. The van der Waals surface area contributed by atoms with Gasteiger partial charge in [0.05, 0.1) is 12.3 Å². The van der Waals surface area contributed by atoms with E-state index < -0.39 is 5.92 Å². The van der Waals surface area contributed by atoms with Crippen LogP contribution in [-0.4, -0.2) is 17.6 Å². The van der Waals surface area contributed by atoms with Gasteiger partial charge in [0.2, 0.25) is 0 Å². The van der Waals surface area contributed by atoms with E-state index in [4.69, 9.17) is 9.47 Å². The number of carbonyl (C=O) groups is 1. The molecule has 0 atom stereocenters. The Morgan fingerprint density at radius 2 is 1.48 bits per heavy atom. The van der Waals surface area contributed by atoms with Crippen molar-refractivity contribution in [2.75, 3.05) is 6.61 Å². The van der Waals surface area contributed by atoms with Crippen molar-refractivity contribution in [1.29, 1.82) is 0 Å². The van der Waals surface area contributed by atoms with Crippen molar-refractivity contribution in [3.8, 4) is 11.5 Å². The number of pyridine rings is 1. The summed E-state index contributed by atoms with van der Waals surface area (Å²) in [7, 11) is 0. The molecule has 0 aliphatic carbocycles. The first-order valence-corrected chi connectivity index (χ1v) is 10.9. The Labute approximate surface area is 194 Å². The molecule has 0 spiro atoms. The highest BCUT2D eigenvalue weighted by Gasteiger charge is 2.25. The quantitative estimate of drug-likeness (QED) is 0.238. The molecule has 0 N–H and O–H groups in total. The predicted molar refractivity (Wildman–Crippen MR) is 131 cm³/mol. The molecule has 0 saturated heterocycles. The summed E-state index contributed by atoms with van der Waals surface area (Å²) in [5.74, 6) is 0.0262.